The first-order valence-electron chi connectivity index (χ1n) is 11.4. The third-order valence-corrected chi connectivity index (χ3v) is 6.72. The molecule has 0 atom stereocenters. The topological polar surface area (TPSA) is 79.2 Å². The van der Waals surface area contributed by atoms with E-state index in [1.165, 1.54) is 11.1 Å². The Morgan fingerprint density at radius 1 is 1.00 bits per heavy atom. The van der Waals surface area contributed by atoms with Gasteiger partial charge < -0.3 is 19.1 Å². The summed E-state index contributed by atoms with van der Waals surface area (Å²) >= 11 is 12.4. The Labute approximate surface area is 220 Å². The number of benzene rings is 2. The number of carbonyl (C=O) groups is 2. The molecule has 188 valence electrons. The normalized spacial score (nSPS) is 13.8. The van der Waals surface area contributed by atoms with Crippen molar-refractivity contribution in [2.24, 2.45) is 5.10 Å². The van der Waals surface area contributed by atoms with Crippen LogP contribution in [0.15, 0.2) is 53.6 Å². The van der Waals surface area contributed by atoms with Crippen LogP contribution in [0.5, 0.6) is 5.75 Å². The molecule has 4 rings (SSSR count). The molecule has 0 bridgehead atoms. The molecule has 0 unspecified atom stereocenters. The lowest BCUT2D eigenvalue weighted by Gasteiger charge is -2.36. The van der Waals surface area contributed by atoms with Crippen molar-refractivity contribution < 1.29 is 14.3 Å². The Hall–Kier alpha value is -3.49. The largest absolute Gasteiger partial charge is 0.495 e. The van der Waals surface area contributed by atoms with E-state index in [9.17, 15) is 9.59 Å². The van der Waals surface area contributed by atoms with Crippen LogP contribution in [0.1, 0.15) is 17.0 Å². The number of aryl methyl sites for hydroxylation is 1. The fourth-order valence-corrected chi connectivity index (χ4v) is 4.84. The molecule has 0 spiro atoms. The summed E-state index contributed by atoms with van der Waals surface area (Å²) in [5.74, 6) is -0.598. The van der Waals surface area contributed by atoms with E-state index < -0.39 is 11.8 Å². The number of methoxy groups -OCH3 is 1. The summed E-state index contributed by atoms with van der Waals surface area (Å²) in [6.07, 6.45) is 1.52. The van der Waals surface area contributed by atoms with E-state index >= 15 is 0 Å². The molecule has 1 fully saturated rings. The number of hydrogen-bond donors (Lipinski definition) is 1. The number of hydrazone groups is 1. The predicted octanol–water partition coefficient (Wildman–Crippen LogP) is 4.21. The highest BCUT2D eigenvalue weighted by Crippen LogP contribution is 2.29. The van der Waals surface area contributed by atoms with Gasteiger partial charge in [0, 0.05) is 48.2 Å². The summed E-state index contributed by atoms with van der Waals surface area (Å²) in [6, 6.07) is 15.0. The second kappa shape index (κ2) is 11.1. The maximum Gasteiger partial charge on any atom is 0.329 e. The van der Waals surface area contributed by atoms with E-state index in [2.05, 4.69) is 15.4 Å². The SMILES string of the molecule is COc1ccccc1N1CCN(C(=O)C(=O)N/N=C\c2cc(C)n(-c3ccc(Cl)cc3Cl)c2C)CC1. The number of aromatic nitrogens is 1. The molecule has 8 nitrogen and oxygen atoms in total. The number of hydrogen-bond acceptors (Lipinski definition) is 5. The zero-order valence-corrected chi connectivity index (χ0v) is 21.8. The molecule has 0 radical (unpaired) electrons. The van der Waals surface area contributed by atoms with Crippen LogP contribution in [0.4, 0.5) is 5.69 Å². The minimum Gasteiger partial charge on any atom is -0.495 e. The number of ether oxygens (including phenoxy) is 1. The van der Waals surface area contributed by atoms with E-state index in [0.29, 0.717) is 36.2 Å². The summed E-state index contributed by atoms with van der Waals surface area (Å²) in [4.78, 5) is 28.8. The quantitative estimate of drug-likeness (QED) is 0.306. The minimum atomic E-state index is -0.772. The van der Waals surface area contributed by atoms with Crippen LogP contribution in [0.25, 0.3) is 5.69 Å². The van der Waals surface area contributed by atoms with Crippen LogP contribution in [-0.4, -0.2) is 60.8 Å². The maximum absolute atomic E-state index is 12.6. The van der Waals surface area contributed by atoms with Crippen molar-refractivity contribution in [3.8, 4) is 11.4 Å². The highest BCUT2D eigenvalue weighted by Gasteiger charge is 2.27. The number of carbonyl (C=O) groups excluding carboxylic acids is 2. The number of piperazine rings is 1. The Balaban J connectivity index is 1.36. The molecule has 2 amide bonds. The van der Waals surface area contributed by atoms with Gasteiger partial charge in [0.1, 0.15) is 5.75 Å². The minimum absolute atomic E-state index is 0.428. The van der Waals surface area contributed by atoms with Gasteiger partial charge in [0.2, 0.25) is 0 Å². The third-order valence-electron chi connectivity index (χ3n) is 6.18. The molecule has 1 aliphatic heterocycles. The monoisotopic (exact) mass is 527 g/mol. The van der Waals surface area contributed by atoms with E-state index in [4.69, 9.17) is 27.9 Å². The lowest BCUT2D eigenvalue weighted by Crippen LogP contribution is -2.52. The van der Waals surface area contributed by atoms with Crippen molar-refractivity contribution in [1.29, 1.82) is 0 Å². The molecule has 1 aliphatic rings. The van der Waals surface area contributed by atoms with Gasteiger partial charge in [0.25, 0.3) is 0 Å². The Morgan fingerprint density at radius 3 is 2.42 bits per heavy atom. The Kier molecular flexibility index (Phi) is 7.86. The zero-order valence-electron chi connectivity index (χ0n) is 20.3. The van der Waals surface area contributed by atoms with Gasteiger partial charge in [0.15, 0.2) is 0 Å². The van der Waals surface area contributed by atoms with Crippen molar-refractivity contribution in [3.05, 3.63) is 75.5 Å². The predicted molar refractivity (Wildman–Crippen MR) is 143 cm³/mol. The first-order valence-corrected chi connectivity index (χ1v) is 12.2. The van der Waals surface area contributed by atoms with Gasteiger partial charge in [-0.3, -0.25) is 9.59 Å². The molecule has 1 N–H and O–H groups in total. The summed E-state index contributed by atoms with van der Waals surface area (Å²) in [5, 5.41) is 5.10. The van der Waals surface area contributed by atoms with Crippen LogP contribution in [0, 0.1) is 13.8 Å². The number of anilines is 1. The summed E-state index contributed by atoms with van der Waals surface area (Å²) < 4.78 is 7.41. The number of nitrogens with zero attached hydrogens (tertiary/aromatic N) is 4. The Morgan fingerprint density at radius 2 is 1.72 bits per heavy atom. The van der Waals surface area contributed by atoms with Crippen molar-refractivity contribution in [2.75, 3.05) is 38.2 Å². The van der Waals surface area contributed by atoms with Gasteiger partial charge in [-0.05, 0) is 50.2 Å². The number of rotatable bonds is 5. The molecule has 2 aromatic carbocycles. The van der Waals surface area contributed by atoms with E-state index in [1.54, 1.807) is 19.2 Å². The maximum atomic E-state index is 12.6. The smallest absolute Gasteiger partial charge is 0.329 e. The summed E-state index contributed by atoms with van der Waals surface area (Å²) in [6.45, 7) is 5.92. The molecule has 10 heteroatoms. The van der Waals surface area contributed by atoms with Crippen LogP contribution >= 0.6 is 23.2 Å². The van der Waals surface area contributed by atoms with Gasteiger partial charge in [-0.15, -0.1) is 0 Å². The number of nitrogens with one attached hydrogen (secondary N) is 1. The standard InChI is InChI=1S/C26H27Cl2N5O3/c1-17-14-19(18(2)33(17)22-9-8-20(27)15-21(22)28)16-29-30-25(34)26(35)32-12-10-31(11-13-32)23-6-4-5-7-24(23)36-3/h4-9,14-16H,10-13H2,1-3H3,(H,30,34)/b29-16-. The van der Waals surface area contributed by atoms with E-state index in [0.717, 1.165) is 34.1 Å². The van der Waals surface area contributed by atoms with Gasteiger partial charge in [-0.1, -0.05) is 35.3 Å². The fourth-order valence-electron chi connectivity index (χ4n) is 4.34. The van der Waals surface area contributed by atoms with Crippen LogP contribution in [0.3, 0.4) is 0 Å². The number of amides is 2. The van der Waals surface area contributed by atoms with Crippen molar-refractivity contribution in [1.82, 2.24) is 14.9 Å². The van der Waals surface area contributed by atoms with Gasteiger partial charge in [-0.25, -0.2) is 5.43 Å². The molecule has 2 heterocycles. The van der Waals surface area contributed by atoms with Gasteiger partial charge >= 0.3 is 11.8 Å². The first kappa shape index (κ1) is 25.6. The van der Waals surface area contributed by atoms with Gasteiger partial charge in [0.05, 0.1) is 29.7 Å². The van der Waals surface area contributed by atoms with Crippen LogP contribution in [0.2, 0.25) is 10.0 Å². The second-order valence-electron chi connectivity index (χ2n) is 8.41. The van der Waals surface area contributed by atoms with E-state index in [-0.39, 0.29) is 0 Å². The van der Waals surface area contributed by atoms with Crippen molar-refractivity contribution in [3.63, 3.8) is 0 Å². The molecule has 0 saturated carbocycles. The van der Waals surface area contributed by atoms with Crippen LogP contribution < -0.4 is 15.1 Å². The first-order chi connectivity index (χ1) is 17.3. The van der Waals surface area contributed by atoms with Crippen molar-refractivity contribution in [2.45, 2.75) is 13.8 Å². The van der Waals surface area contributed by atoms with Crippen LogP contribution in [-0.2, 0) is 9.59 Å². The average molecular weight is 528 g/mol. The molecule has 1 aromatic heterocycles. The lowest BCUT2D eigenvalue weighted by atomic mass is 10.2. The van der Waals surface area contributed by atoms with E-state index in [1.807, 2.05) is 54.8 Å². The Bertz CT molecular complexity index is 1310. The molecular formula is C26H27Cl2N5O3. The molecule has 3 aromatic rings. The van der Waals surface area contributed by atoms with Crippen molar-refractivity contribution >= 4 is 46.9 Å². The lowest BCUT2D eigenvalue weighted by molar-refractivity contribution is -0.146. The molecule has 1 saturated heterocycles. The average Bonchev–Trinajstić information content (AvgIpc) is 3.16. The van der Waals surface area contributed by atoms with Gasteiger partial charge in [-0.2, -0.15) is 5.10 Å². The molecule has 0 aliphatic carbocycles. The fraction of sp³-hybridized carbons (Fsp3) is 0.269. The molecular weight excluding hydrogens is 501 g/mol. The summed E-state index contributed by atoms with van der Waals surface area (Å²) in [7, 11) is 1.63. The molecule has 36 heavy (non-hydrogen) atoms. The highest BCUT2D eigenvalue weighted by molar-refractivity contribution is 6.36. The number of para-hydroxylation sites is 2. The summed E-state index contributed by atoms with van der Waals surface area (Å²) in [5.41, 5.74) is 6.73. The highest BCUT2D eigenvalue weighted by atomic mass is 35.5. The second-order valence-corrected chi connectivity index (χ2v) is 9.25. The zero-order chi connectivity index (χ0) is 25.8. The number of halogens is 2. The third kappa shape index (κ3) is 5.34.